The van der Waals surface area contributed by atoms with Crippen LogP contribution in [0.2, 0.25) is 0 Å². The van der Waals surface area contributed by atoms with E-state index in [9.17, 15) is 49.1 Å². The summed E-state index contributed by atoms with van der Waals surface area (Å²) in [6.07, 6.45) is -16.2. The molecule has 0 saturated carbocycles. The van der Waals surface area contributed by atoms with Crippen molar-refractivity contribution in [2.24, 2.45) is 5.41 Å². The van der Waals surface area contributed by atoms with Gasteiger partial charge >= 0.3 is 30.6 Å². The van der Waals surface area contributed by atoms with Crippen LogP contribution in [0.1, 0.15) is 84.3 Å². The van der Waals surface area contributed by atoms with Gasteiger partial charge in [0.1, 0.15) is 11.9 Å². The van der Waals surface area contributed by atoms with Gasteiger partial charge in [-0.2, -0.15) is 39.5 Å². The van der Waals surface area contributed by atoms with Crippen LogP contribution in [0.25, 0.3) is 16.7 Å². The first-order valence-corrected chi connectivity index (χ1v) is 16.0. The van der Waals surface area contributed by atoms with Crippen molar-refractivity contribution < 1.29 is 63.3 Å². The molecule has 2 atom stereocenters. The third-order valence-electron chi connectivity index (χ3n) is 9.45. The number of nitrogens with zero attached hydrogens (tertiary/aromatic N) is 1. The van der Waals surface area contributed by atoms with Gasteiger partial charge < -0.3 is 14.2 Å². The average molecular weight is 744 g/mol. The van der Waals surface area contributed by atoms with Crippen molar-refractivity contribution in [3.63, 3.8) is 0 Å². The lowest BCUT2D eigenvalue weighted by atomic mass is 9.72. The van der Waals surface area contributed by atoms with Gasteiger partial charge in [0.2, 0.25) is 0 Å². The molecule has 0 radical (unpaired) electrons. The molecule has 1 heterocycles. The Labute approximate surface area is 293 Å². The van der Waals surface area contributed by atoms with E-state index in [2.05, 4.69) is 4.74 Å². The molecule has 52 heavy (non-hydrogen) atoms. The zero-order chi connectivity index (χ0) is 38.6. The van der Waals surface area contributed by atoms with Crippen LogP contribution in [-0.2, 0) is 28.0 Å². The molecule has 1 amide bonds. The standard InChI is InChI=1S/C37H34F9NO5/c1-19-31(22-12-24(35(38,39)40)14-25(13-22)36(41,42)43)52-33(49)47(19)18-23-17-34(2,3)11-10-26(23)28-15-27(29(37(44,45)46)16-30(28)50-4)20-6-8-21(9-7-20)32(48)51-5/h6-9,12-16,19,31H,10-11,17-18H2,1-5H3/t19-,31?/m0/s1. The summed E-state index contributed by atoms with van der Waals surface area (Å²) in [5.74, 6) is -0.781. The highest BCUT2D eigenvalue weighted by molar-refractivity contribution is 5.90. The zero-order valence-electron chi connectivity index (χ0n) is 28.6. The molecular formula is C37H34F9NO5. The van der Waals surface area contributed by atoms with E-state index in [0.717, 1.165) is 6.07 Å². The summed E-state index contributed by atoms with van der Waals surface area (Å²) in [7, 11) is 2.38. The lowest BCUT2D eigenvalue weighted by molar-refractivity contribution is -0.143. The lowest BCUT2D eigenvalue weighted by Crippen LogP contribution is -2.35. The van der Waals surface area contributed by atoms with Crippen molar-refractivity contribution in [2.75, 3.05) is 20.8 Å². The number of alkyl halides is 9. The SMILES string of the molecule is COC(=O)c1ccc(-c2cc(C3=C(CN4C(=O)OC(c5cc(C(F)(F)F)cc(C(F)(F)F)c5)[C@@H]4C)CC(C)(C)CC3)c(OC)cc2C(F)(F)F)cc1. The molecule has 1 unspecified atom stereocenters. The van der Waals surface area contributed by atoms with Crippen LogP contribution < -0.4 is 4.74 Å². The molecule has 15 heteroatoms. The van der Waals surface area contributed by atoms with Crippen molar-refractivity contribution >= 4 is 17.6 Å². The Morgan fingerprint density at radius 1 is 0.865 bits per heavy atom. The smallest absolute Gasteiger partial charge is 0.417 e. The molecule has 3 aromatic carbocycles. The second-order valence-electron chi connectivity index (χ2n) is 13.6. The molecule has 1 aliphatic carbocycles. The number of ether oxygens (including phenoxy) is 3. The van der Waals surface area contributed by atoms with E-state index in [4.69, 9.17) is 9.47 Å². The Hall–Kier alpha value is -4.69. The Morgan fingerprint density at radius 2 is 1.46 bits per heavy atom. The molecule has 280 valence electrons. The number of esters is 1. The number of carbonyl (C=O) groups is 2. The van der Waals surface area contributed by atoms with Gasteiger partial charge in [-0.3, -0.25) is 4.90 Å². The second kappa shape index (κ2) is 13.7. The summed E-state index contributed by atoms with van der Waals surface area (Å²) in [4.78, 5) is 26.4. The second-order valence-corrected chi connectivity index (χ2v) is 13.6. The summed E-state index contributed by atoms with van der Waals surface area (Å²) in [5, 5.41) is 0. The van der Waals surface area contributed by atoms with Crippen molar-refractivity contribution in [3.05, 3.63) is 93.6 Å². The molecule has 0 spiro atoms. The van der Waals surface area contributed by atoms with E-state index >= 15 is 0 Å². The summed E-state index contributed by atoms with van der Waals surface area (Å²) in [5.41, 5.74) is -3.42. The summed E-state index contributed by atoms with van der Waals surface area (Å²) in [6.45, 7) is 5.18. The minimum Gasteiger partial charge on any atom is -0.496 e. The average Bonchev–Trinajstić information content (AvgIpc) is 3.34. The molecular weight excluding hydrogens is 709 g/mol. The Bertz CT molecular complexity index is 1860. The fourth-order valence-corrected chi connectivity index (χ4v) is 6.76. The summed E-state index contributed by atoms with van der Waals surface area (Å²) >= 11 is 0. The third kappa shape index (κ3) is 7.87. The van der Waals surface area contributed by atoms with Crippen molar-refractivity contribution in [1.82, 2.24) is 4.90 Å². The topological polar surface area (TPSA) is 65.1 Å². The van der Waals surface area contributed by atoms with E-state index < -0.39 is 65.0 Å². The highest BCUT2D eigenvalue weighted by Gasteiger charge is 2.44. The maximum absolute atomic E-state index is 14.5. The minimum atomic E-state index is -5.11. The van der Waals surface area contributed by atoms with Crippen LogP contribution >= 0.6 is 0 Å². The third-order valence-corrected chi connectivity index (χ3v) is 9.45. The molecule has 6 nitrogen and oxygen atoms in total. The van der Waals surface area contributed by atoms with Crippen molar-refractivity contribution in [1.29, 1.82) is 0 Å². The first kappa shape index (κ1) is 38.5. The number of hydrogen-bond donors (Lipinski definition) is 0. The highest BCUT2D eigenvalue weighted by Crippen LogP contribution is 2.49. The number of amides is 1. The van der Waals surface area contributed by atoms with Gasteiger partial charge in [0.25, 0.3) is 0 Å². The predicted molar refractivity (Wildman–Crippen MR) is 171 cm³/mol. The molecule has 1 fully saturated rings. The zero-order valence-corrected chi connectivity index (χ0v) is 28.6. The Kier molecular flexibility index (Phi) is 10.2. The maximum Gasteiger partial charge on any atom is 0.417 e. The van der Waals surface area contributed by atoms with E-state index in [1.807, 2.05) is 13.8 Å². The predicted octanol–water partition coefficient (Wildman–Crippen LogP) is 10.8. The van der Waals surface area contributed by atoms with Crippen LogP contribution in [0.3, 0.4) is 0 Å². The summed E-state index contributed by atoms with van der Waals surface area (Å²) < 4.78 is 141. The van der Waals surface area contributed by atoms with Gasteiger partial charge in [0, 0.05) is 12.1 Å². The van der Waals surface area contributed by atoms with Crippen molar-refractivity contribution in [3.8, 4) is 16.9 Å². The molecule has 3 aromatic rings. The fourth-order valence-electron chi connectivity index (χ4n) is 6.76. The largest absolute Gasteiger partial charge is 0.496 e. The van der Waals surface area contributed by atoms with E-state index in [1.165, 1.54) is 56.4 Å². The van der Waals surface area contributed by atoms with E-state index in [1.54, 1.807) is 0 Å². The van der Waals surface area contributed by atoms with Gasteiger partial charge in [-0.15, -0.1) is 0 Å². The maximum atomic E-state index is 14.5. The summed E-state index contributed by atoms with van der Waals surface area (Å²) in [6, 6.07) is 7.57. The molecule has 0 bridgehead atoms. The normalized spacial score (nSPS) is 19.5. The van der Waals surface area contributed by atoms with Gasteiger partial charge in [-0.05, 0) is 102 Å². The fraction of sp³-hybridized carbons (Fsp3) is 0.405. The van der Waals surface area contributed by atoms with E-state index in [0.29, 0.717) is 48.1 Å². The van der Waals surface area contributed by atoms with Crippen LogP contribution in [0.15, 0.2) is 60.2 Å². The van der Waals surface area contributed by atoms with E-state index in [-0.39, 0.29) is 40.5 Å². The highest BCUT2D eigenvalue weighted by atomic mass is 19.4. The number of carbonyl (C=O) groups excluding carboxylic acids is 2. The molecule has 2 aliphatic rings. The first-order chi connectivity index (χ1) is 24.0. The number of rotatable bonds is 7. The molecule has 0 aromatic heterocycles. The number of allylic oxidation sites excluding steroid dienone is 1. The number of methoxy groups -OCH3 is 2. The van der Waals surface area contributed by atoms with Gasteiger partial charge in [-0.25, -0.2) is 9.59 Å². The van der Waals surface area contributed by atoms with Crippen LogP contribution in [-0.4, -0.2) is 43.8 Å². The number of halogens is 9. The van der Waals surface area contributed by atoms with Crippen LogP contribution in [0.5, 0.6) is 5.75 Å². The Morgan fingerprint density at radius 3 is 1.98 bits per heavy atom. The Balaban J connectivity index is 1.61. The number of hydrogen-bond acceptors (Lipinski definition) is 5. The first-order valence-electron chi connectivity index (χ1n) is 16.0. The van der Waals surface area contributed by atoms with Crippen molar-refractivity contribution in [2.45, 2.75) is 70.7 Å². The molecule has 5 rings (SSSR count). The van der Waals surface area contributed by atoms with Crippen LogP contribution in [0.4, 0.5) is 44.3 Å². The molecule has 1 aliphatic heterocycles. The van der Waals surface area contributed by atoms with Gasteiger partial charge in [0.05, 0.1) is 42.5 Å². The lowest BCUT2D eigenvalue weighted by Gasteiger charge is -2.36. The quantitative estimate of drug-likeness (QED) is 0.178. The number of benzene rings is 3. The van der Waals surface area contributed by atoms with Gasteiger partial charge in [0.15, 0.2) is 0 Å². The monoisotopic (exact) mass is 743 g/mol. The van der Waals surface area contributed by atoms with Gasteiger partial charge in [-0.1, -0.05) is 26.0 Å². The number of cyclic esters (lactones) is 1. The minimum absolute atomic E-state index is 0.0108. The van der Waals surface area contributed by atoms with Crippen LogP contribution in [0, 0.1) is 5.41 Å². The molecule has 1 saturated heterocycles. The molecule has 0 N–H and O–H groups in total.